The second-order valence-electron chi connectivity index (χ2n) is 5.84. The molecule has 1 fully saturated rings. The van der Waals surface area contributed by atoms with Crippen molar-refractivity contribution in [3.8, 4) is 5.88 Å². The van der Waals surface area contributed by atoms with E-state index in [9.17, 15) is 0 Å². The van der Waals surface area contributed by atoms with Crippen molar-refractivity contribution in [2.75, 3.05) is 13.7 Å². The van der Waals surface area contributed by atoms with Gasteiger partial charge in [0.1, 0.15) is 6.10 Å². The lowest BCUT2D eigenvalue weighted by Crippen LogP contribution is -2.30. The Hall–Kier alpha value is -1.13. The average molecular weight is 292 g/mol. The van der Waals surface area contributed by atoms with Crippen molar-refractivity contribution in [1.82, 2.24) is 10.3 Å². The largest absolute Gasteiger partial charge is 0.474 e. The van der Waals surface area contributed by atoms with Gasteiger partial charge in [0, 0.05) is 31.3 Å². The van der Waals surface area contributed by atoms with Crippen LogP contribution < -0.4 is 10.1 Å². The maximum absolute atomic E-state index is 6.19. The van der Waals surface area contributed by atoms with Crippen LogP contribution in [-0.4, -0.2) is 30.8 Å². The van der Waals surface area contributed by atoms with E-state index in [2.05, 4.69) is 30.2 Å². The van der Waals surface area contributed by atoms with Gasteiger partial charge in [-0.15, -0.1) is 0 Å². The molecule has 0 saturated heterocycles. The first-order chi connectivity index (χ1) is 10.2. The zero-order valence-electron chi connectivity index (χ0n) is 13.5. The van der Waals surface area contributed by atoms with E-state index in [-0.39, 0.29) is 12.1 Å². The first kappa shape index (κ1) is 16.2. The van der Waals surface area contributed by atoms with E-state index in [1.807, 2.05) is 12.3 Å². The molecule has 4 heteroatoms. The molecule has 0 aliphatic heterocycles. The maximum atomic E-state index is 6.19. The summed E-state index contributed by atoms with van der Waals surface area (Å²) in [5.74, 6) is 0.773. The summed E-state index contributed by atoms with van der Waals surface area (Å²) in [7, 11) is 1.79. The Labute approximate surface area is 128 Å². The number of ether oxygens (including phenoxy) is 2. The van der Waals surface area contributed by atoms with Gasteiger partial charge in [-0.05, 0) is 45.2 Å². The van der Waals surface area contributed by atoms with E-state index in [0.717, 1.165) is 50.1 Å². The van der Waals surface area contributed by atoms with E-state index in [1.54, 1.807) is 7.11 Å². The molecule has 1 N–H and O–H groups in total. The molecular weight excluding hydrogens is 264 g/mol. The van der Waals surface area contributed by atoms with Gasteiger partial charge >= 0.3 is 0 Å². The minimum atomic E-state index is 0.218. The van der Waals surface area contributed by atoms with Gasteiger partial charge < -0.3 is 14.8 Å². The standard InChI is InChI=1S/C17H28N2O2/c1-4-10-18-13(2)16-9-6-11-19-17(16)21-15-8-5-7-14(12-15)20-3/h6,9,11,13-15,18H,4-5,7-8,10,12H2,1-3H3. The Morgan fingerprint density at radius 3 is 2.95 bits per heavy atom. The smallest absolute Gasteiger partial charge is 0.218 e. The highest BCUT2D eigenvalue weighted by atomic mass is 16.5. The molecule has 1 saturated carbocycles. The lowest BCUT2D eigenvalue weighted by molar-refractivity contribution is 0.0190. The van der Waals surface area contributed by atoms with Crippen LogP contribution >= 0.6 is 0 Å². The highest BCUT2D eigenvalue weighted by Crippen LogP contribution is 2.28. The minimum Gasteiger partial charge on any atom is -0.474 e. The predicted molar refractivity (Wildman–Crippen MR) is 84.6 cm³/mol. The van der Waals surface area contributed by atoms with E-state index in [4.69, 9.17) is 9.47 Å². The number of rotatable bonds is 7. The van der Waals surface area contributed by atoms with Crippen LogP contribution in [0.2, 0.25) is 0 Å². The van der Waals surface area contributed by atoms with Crippen molar-refractivity contribution in [2.45, 2.75) is 64.2 Å². The molecule has 1 aliphatic rings. The molecule has 0 amide bonds. The highest BCUT2D eigenvalue weighted by Gasteiger charge is 2.24. The molecule has 21 heavy (non-hydrogen) atoms. The zero-order chi connectivity index (χ0) is 15.1. The molecule has 1 heterocycles. The van der Waals surface area contributed by atoms with Crippen molar-refractivity contribution < 1.29 is 9.47 Å². The Bertz CT molecular complexity index is 425. The molecule has 2 rings (SSSR count). The molecule has 0 bridgehead atoms. The van der Waals surface area contributed by atoms with E-state index in [1.165, 1.54) is 0 Å². The van der Waals surface area contributed by atoms with Crippen molar-refractivity contribution in [1.29, 1.82) is 0 Å². The van der Waals surface area contributed by atoms with Crippen molar-refractivity contribution in [3.63, 3.8) is 0 Å². The molecule has 0 radical (unpaired) electrons. The van der Waals surface area contributed by atoms with Gasteiger partial charge in [0.25, 0.3) is 0 Å². The summed E-state index contributed by atoms with van der Waals surface area (Å²) in [6, 6.07) is 4.34. The Morgan fingerprint density at radius 2 is 2.19 bits per heavy atom. The van der Waals surface area contributed by atoms with Gasteiger partial charge in [-0.25, -0.2) is 4.98 Å². The molecule has 1 aromatic rings. The van der Waals surface area contributed by atoms with Crippen LogP contribution in [0.3, 0.4) is 0 Å². The van der Waals surface area contributed by atoms with Crippen LogP contribution in [0.1, 0.15) is 57.6 Å². The summed E-state index contributed by atoms with van der Waals surface area (Å²) in [5, 5.41) is 3.50. The number of aromatic nitrogens is 1. The van der Waals surface area contributed by atoms with E-state index >= 15 is 0 Å². The quantitative estimate of drug-likeness (QED) is 0.835. The number of pyridine rings is 1. The first-order valence-corrected chi connectivity index (χ1v) is 8.12. The molecule has 3 atom stereocenters. The molecule has 1 aromatic heterocycles. The zero-order valence-corrected chi connectivity index (χ0v) is 13.5. The summed E-state index contributed by atoms with van der Waals surface area (Å²) in [5.41, 5.74) is 1.14. The number of nitrogens with zero attached hydrogens (tertiary/aromatic N) is 1. The van der Waals surface area contributed by atoms with E-state index < -0.39 is 0 Å². The van der Waals surface area contributed by atoms with Gasteiger partial charge in [-0.3, -0.25) is 0 Å². The number of nitrogens with one attached hydrogen (secondary N) is 1. The van der Waals surface area contributed by atoms with Crippen LogP contribution in [0.4, 0.5) is 0 Å². The minimum absolute atomic E-state index is 0.218. The third-order valence-electron chi connectivity index (χ3n) is 4.16. The second-order valence-corrected chi connectivity index (χ2v) is 5.84. The molecule has 118 valence electrons. The molecule has 4 nitrogen and oxygen atoms in total. The molecule has 3 unspecified atom stereocenters. The second kappa shape index (κ2) is 8.35. The van der Waals surface area contributed by atoms with Crippen LogP contribution in [0.15, 0.2) is 18.3 Å². The molecule has 0 aromatic carbocycles. The lowest BCUT2D eigenvalue weighted by Gasteiger charge is -2.29. The fraction of sp³-hybridized carbons (Fsp3) is 0.706. The maximum Gasteiger partial charge on any atom is 0.218 e. The Balaban J connectivity index is 2.02. The van der Waals surface area contributed by atoms with Gasteiger partial charge in [0.2, 0.25) is 5.88 Å². The van der Waals surface area contributed by atoms with Crippen molar-refractivity contribution in [2.24, 2.45) is 0 Å². The first-order valence-electron chi connectivity index (χ1n) is 8.12. The van der Waals surface area contributed by atoms with Crippen molar-refractivity contribution >= 4 is 0 Å². The third kappa shape index (κ3) is 4.68. The van der Waals surface area contributed by atoms with Gasteiger partial charge in [-0.1, -0.05) is 13.0 Å². The highest BCUT2D eigenvalue weighted by molar-refractivity contribution is 5.28. The van der Waals surface area contributed by atoms with Gasteiger partial charge in [0.15, 0.2) is 0 Å². The normalized spacial score (nSPS) is 23.8. The average Bonchev–Trinajstić information content (AvgIpc) is 2.53. The van der Waals surface area contributed by atoms with Gasteiger partial charge in [0.05, 0.1) is 6.10 Å². The predicted octanol–water partition coefficient (Wildman–Crippen LogP) is 3.48. The molecule has 0 spiro atoms. The van der Waals surface area contributed by atoms with Crippen LogP contribution in [0.5, 0.6) is 5.88 Å². The van der Waals surface area contributed by atoms with Crippen LogP contribution in [0, 0.1) is 0 Å². The molecular formula is C17H28N2O2. The number of hydrogen-bond acceptors (Lipinski definition) is 4. The Kier molecular flexibility index (Phi) is 6.46. The summed E-state index contributed by atoms with van der Waals surface area (Å²) in [4.78, 5) is 4.45. The third-order valence-corrected chi connectivity index (χ3v) is 4.16. The van der Waals surface area contributed by atoms with Gasteiger partial charge in [-0.2, -0.15) is 0 Å². The monoisotopic (exact) mass is 292 g/mol. The van der Waals surface area contributed by atoms with Crippen LogP contribution in [0.25, 0.3) is 0 Å². The lowest BCUT2D eigenvalue weighted by atomic mass is 9.95. The summed E-state index contributed by atoms with van der Waals surface area (Å²) in [6.45, 7) is 5.34. The summed E-state index contributed by atoms with van der Waals surface area (Å²) in [6.07, 6.45) is 7.83. The Morgan fingerprint density at radius 1 is 1.38 bits per heavy atom. The summed E-state index contributed by atoms with van der Waals surface area (Å²) >= 11 is 0. The SMILES string of the molecule is CCCNC(C)c1cccnc1OC1CCCC(OC)C1. The van der Waals surface area contributed by atoms with Crippen molar-refractivity contribution in [3.05, 3.63) is 23.9 Å². The fourth-order valence-electron chi connectivity index (χ4n) is 2.88. The number of hydrogen-bond donors (Lipinski definition) is 1. The number of methoxy groups -OCH3 is 1. The topological polar surface area (TPSA) is 43.4 Å². The van der Waals surface area contributed by atoms with E-state index in [0.29, 0.717) is 6.10 Å². The van der Waals surface area contributed by atoms with Crippen LogP contribution in [-0.2, 0) is 4.74 Å². The molecule has 1 aliphatic carbocycles. The summed E-state index contributed by atoms with van der Waals surface area (Å²) < 4.78 is 11.7. The fourth-order valence-corrected chi connectivity index (χ4v) is 2.88.